The van der Waals surface area contributed by atoms with Gasteiger partial charge in [-0.25, -0.2) is 0 Å². The van der Waals surface area contributed by atoms with E-state index >= 15 is 0 Å². The van der Waals surface area contributed by atoms with Crippen molar-refractivity contribution in [2.24, 2.45) is 0 Å². The Bertz CT molecular complexity index is 604. The molecular formula is C12H9BrClN3O. The number of amides is 1. The molecule has 0 spiro atoms. The number of pyridine rings is 2. The van der Waals surface area contributed by atoms with Gasteiger partial charge < -0.3 is 5.32 Å². The van der Waals surface area contributed by atoms with Crippen LogP contribution in [0.25, 0.3) is 0 Å². The van der Waals surface area contributed by atoms with Gasteiger partial charge >= 0.3 is 0 Å². The van der Waals surface area contributed by atoms with Crippen LogP contribution in [0.1, 0.15) is 16.1 Å². The first-order valence-corrected chi connectivity index (χ1v) is 6.28. The molecule has 1 amide bonds. The fourth-order valence-corrected chi connectivity index (χ4v) is 2.00. The maximum absolute atomic E-state index is 12.0. The van der Waals surface area contributed by atoms with E-state index in [1.165, 1.54) is 6.20 Å². The van der Waals surface area contributed by atoms with E-state index in [1.807, 2.05) is 6.92 Å². The molecule has 6 heteroatoms. The molecule has 0 fully saturated rings. The summed E-state index contributed by atoms with van der Waals surface area (Å²) in [6.07, 6.45) is 4.65. The summed E-state index contributed by atoms with van der Waals surface area (Å²) < 4.78 is 0.703. The van der Waals surface area contributed by atoms with E-state index in [9.17, 15) is 4.79 Å². The molecule has 4 nitrogen and oxygen atoms in total. The lowest BCUT2D eigenvalue weighted by Crippen LogP contribution is -2.13. The van der Waals surface area contributed by atoms with Crippen molar-refractivity contribution in [3.05, 3.63) is 51.5 Å². The summed E-state index contributed by atoms with van der Waals surface area (Å²) in [6, 6.07) is 3.34. The Balaban J connectivity index is 2.25. The fraction of sp³-hybridized carbons (Fsp3) is 0.0833. The van der Waals surface area contributed by atoms with Crippen molar-refractivity contribution < 1.29 is 4.79 Å². The first-order chi connectivity index (χ1) is 8.58. The number of nitrogens with one attached hydrogen (secondary N) is 1. The maximum Gasteiger partial charge on any atom is 0.258 e. The summed E-state index contributed by atoms with van der Waals surface area (Å²) in [4.78, 5) is 20.0. The van der Waals surface area contributed by atoms with Gasteiger partial charge in [-0.05, 0) is 35.0 Å². The summed E-state index contributed by atoms with van der Waals surface area (Å²) in [5.74, 6) is -0.306. The Hall–Kier alpha value is -1.46. The van der Waals surface area contributed by atoms with Crippen LogP contribution in [0.5, 0.6) is 0 Å². The van der Waals surface area contributed by atoms with Crippen LogP contribution in [-0.4, -0.2) is 15.9 Å². The second-order valence-corrected chi connectivity index (χ2v) is 4.88. The molecule has 0 unspecified atom stereocenters. The average molecular weight is 327 g/mol. The third-order valence-electron chi connectivity index (χ3n) is 2.26. The molecule has 0 saturated carbocycles. The minimum atomic E-state index is -0.306. The minimum absolute atomic E-state index is 0.306. The van der Waals surface area contributed by atoms with E-state index in [0.717, 1.165) is 5.69 Å². The van der Waals surface area contributed by atoms with Gasteiger partial charge in [0, 0.05) is 24.3 Å². The van der Waals surface area contributed by atoms with Gasteiger partial charge in [0.2, 0.25) is 0 Å². The third kappa shape index (κ3) is 2.86. The van der Waals surface area contributed by atoms with Crippen molar-refractivity contribution in [3.63, 3.8) is 0 Å². The van der Waals surface area contributed by atoms with E-state index in [0.29, 0.717) is 20.7 Å². The van der Waals surface area contributed by atoms with Gasteiger partial charge in [0.25, 0.3) is 5.91 Å². The van der Waals surface area contributed by atoms with Gasteiger partial charge in [-0.2, -0.15) is 0 Å². The molecule has 2 heterocycles. The highest BCUT2D eigenvalue weighted by atomic mass is 79.9. The molecule has 0 aliphatic rings. The van der Waals surface area contributed by atoms with Gasteiger partial charge in [0.15, 0.2) is 0 Å². The molecule has 18 heavy (non-hydrogen) atoms. The zero-order chi connectivity index (χ0) is 13.1. The van der Waals surface area contributed by atoms with Crippen molar-refractivity contribution in [1.29, 1.82) is 0 Å². The molecule has 0 atom stereocenters. The summed E-state index contributed by atoms with van der Waals surface area (Å²) in [7, 11) is 0. The molecule has 0 saturated heterocycles. The molecule has 0 aromatic carbocycles. The molecule has 0 aliphatic carbocycles. The predicted molar refractivity (Wildman–Crippen MR) is 73.9 cm³/mol. The van der Waals surface area contributed by atoms with Gasteiger partial charge in [0.05, 0.1) is 20.7 Å². The quantitative estimate of drug-likeness (QED) is 0.919. The highest BCUT2D eigenvalue weighted by Gasteiger charge is 2.12. The number of carbonyl (C=O) groups is 1. The summed E-state index contributed by atoms with van der Waals surface area (Å²) >= 11 is 9.31. The molecule has 0 radical (unpaired) electrons. The van der Waals surface area contributed by atoms with Crippen molar-refractivity contribution >= 4 is 39.1 Å². The van der Waals surface area contributed by atoms with Crippen LogP contribution in [0.4, 0.5) is 5.69 Å². The second-order valence-electron chi connectivity index (χ2n) is 3.62. The zero-order valence-electron chi connectivity index (χ0n) is 9.45. The van der Waals surface area contributed by atoms with Crippen molar-refractivity contribution in [1.82, 2.24) is 9.97 Å². The Morgan fingerprint density at radius 2 is 2.22 bits per heavy atom. The lowest BCUT2D eigenvalue weighted by molar-refractivity contribution is 0.102. The lowest BCUT2D eigenvalue weighted by Gasteiger charge is -2.08. The van der Waals surface area contributed by atoms with E-state index < -0.39 is 0 Å². The van der Waals surface area contributed by atoms with E-state index in [-0.39, 0.29) is 5.91 Å². The molecular weight excluding hydrogens is 318 g/mol. The van der Waals surface area contributed by atoms with Crippen LogP contribution in [-0.2, 0) is 0 Å². The van der Waals surface area contributed by atoms with Gasteiger partial charge in [-0.1, -0.05) is 11.6 Å². The number of anilines is 1. The van der Waals surface area contributed by atoms with Crippen LogP contribution in [0.3, 0.4) is 0 Å². The zero-order valence-corrected chi connectivity index (χ0v) is 11.8. The van der Waals surface area contributed by atoms with Crippen LogP contribution in [0.2, 0.25) is 5.02 Å². The van der Waals surface area contributed by atoms with Crippen molar-refractivity contribution in [2.75, 3.05) is 5.32 Å². The maximum atomic E-state index is 12.0. The van der Waals surface area contributed by atoms with Crippen LogP contribution < -0.4 is 5.32 Å². The topological polar surface area (TPSA) is 54.9 Å². The molecule has 0 aliphatic heterocycles. The number of rotatable bonds is 2. The number of hydrogen-bond acceptors (Lipinski definition) is 3. The summed E-state index contributed by atoms with van der Waals surface area (Å²) in [6.45, 7) is 1.81. The second kappa shape index (κ2) is 5.46. The number of aryl methyl sites for hydroxylation is 1. The largest absolute Gasteiger partial charge is 0.321 e. The average Bonchev–Trinajstić information content (AvgIpc) is 2.32. The lowest BCUT2D eigenvalue weighted by atomic mass is 10.2. The SMILES string of the molecule is Cc1cc(Cl)c(C(=O)Nc2ccncc2Br)cn1. The molecule has 0 bridgehead atoms. The summed E-state index contributed by atoms with van der Waals surface area (Å²) in [5, 5.41) is 3.12. The monoisotopic (exact) mass is 325 g/mol. The van der Waals surface area contributed by atoms with Crippen LogP contribution >= 0.6 is 27.5 Å². The first-order valence-electron chi connectivity index (χ1n) is 5.11. The van der Waals surface area contributed by atoms with E-state index in [4.69, 9.17) is 11.6 Å². The Morgan fingerprint density at radius 3 is 2.89 bits per heavy atom. The van der Waals surface area contributed by atoms with E-state index in [2.05, 4.69) is 31.2 Å². The molecule has 2 aromatic heterocycles. The van der Waals surface area contributed by atoms with Crippen LogP contribution in [0, 0.1) is 6.92 Å². The number of nitrogens with zero attached hydrogens (tertiary/aromatic N) is 2. The van der Waals surface area contributed by atoms with Crippen molar-refractivity contribution in [3.8, 4) is 0 Å². The normalized spacial score (nSPS) is 10.2. The van der Waals surface area contributed by atoms with E-state index in [1.54, 1.807) is 24.5 Å². The standard InChI is InChI=1S/C12H9BrClN3O/c1-7-4-10(14)8(5-16-7)12(18)17-11-2-3-15-6-9(11)13/h2-6H,1H3,(H,15,17,18). The smallest absolute Gasteiger partial charge is 0.258 e. The predicted octanol–water partition coefficient (Wildman–Crippen LogP) is 3.45. The highest BCUT2D eigenvalue weighted by Crippen LogP contribution is 2.22. The number of hydrogen-bond donors (Lipinski definition) is 1. The highest BCUT2D eigenvalue weighted by molar-refractivity contribution is 9.10. The molecule has 2 aromatic rings. The van der Waals surface area contributed by atoms with Gasteiger partial charge in [0.1, 0.15) is 0 Å². The Morgan fingerprint density at radius 1 is 1.44 bits per heavy atom. The van der Waals surface area contributed by atoms with Gasteiger partial charge in [-0.3, -0.25) is 14.8 Å². The Labute approximate surface area is 118 Å². The molecule has 1 N–H and O–H groups in total. The number of halogens is 2. The summed E-state index contributed by atoms with van der Waals surface area (Å²) in [5.41, 5.74) is 1.74. The van der Waals surface area contributed by atoms with Gasteiger partial charge in [-0.15, -0.1) is 0 Å². The number of aromatic nitrogens is 2. The molecule has 92 valence electrons. The molecule has 2 rings (SSSR count). The Kier molecular flexibility index (Phi) is 3.93. The van der Waals surface area contributed by atoms with Crippen molar-refractivity contribution in [2.45, 2.75) is 6.92 Å². The number of carbonyl (C=O) groups excluding carboxylic acids is 1. The minimum Gasteiger partial charge on any atom is -0.321 e. The van der Waals surface area contributed by atoms with Crippen LogP contribution in [0.15, 0.2) is 35.2 Å². The fourth-order valence-electron chi connectivity index (χ4n) is 1.36. The first kappa shape index (κ1) is 13.0. The third-order valence-corrected chi connectivity index (χ3v) is 3.20.